The fourth-order valence-electron chi connectivity index (χ4n) is 2.94. The van der Waals surface area contributed by atoms with E-state index in [0.717, 1.165) is 12.8 Å². The van der Waals surface area contributed by atoms with Gasteiger partial charge in [-0.1, -0.05) is 17.7 Å². The van der Waals surface area contributed by atoms with Gasteiger partial charge in [-0.15, -0.1) is 12.4 Å². The van der Waals surface area contributed by atoms with Crippen molar-refractivity contribution in [2.75, 3.05) is 32.2 Å². The van der Waals surface area contributed by atoms with Crippen molar-refractivity contribution in [3.05, 3.63) is 52.3 Å². The highest BCUT2D eigenvalue weighted by molar-refractivity contribution is 6.34. The summed E-state index contributed by atoms with van der Waals surface area (Å²) in [5, 5.41) is 15.3. The Morgan fingerprint density at radius 1 is 1.34 bits per heavy atom. The number of carbonyl (C=O) groups excluding carboxylic acids is 1. The molecule has 3 rings (SSSR count). The first-order valence-electron chi connectivity index (χ1n) is 10.1. The van der Waals surface area contributed by atoms with Gasteiger partial charge in [0.15, 0.2) is 17.3 Å². The van der Waals surface area contributed by atoms with Gasteiger partial charge in [-0.3, -0.25) is 4.79 Å². The number of halogens is 3. The van der Waals surface area contributed by atoms with E-state index in [1.165, 1.54) is 19.2 Å². The summed E-state index contributed by atoms with van der Waals surface area (Å²) in [4.78, 5) is 13.0. The van der Waals surface area contributed by atoms with E-state index in [-0.39, 0.29) is 41.9 Å². The fraction of sp³-hybridized carbons (Fsp3) is 0.409. The number of hydrogen-bond donors (Lipinski definition) is 4. The summed E-state index contributed by atoms with van der Waals surface area (Å²) in [6.07, 6.45) is 2.17. The van der Waals surface area contributed by atoms with Crippen molar-refractivity contribution in [3.8, 4) is 11.5 Å². The molecule has 0 saturated heterocycles. The summed E-state index contributed by atoms with van der Waals surface area (Å²) in [6.45, 7) is 0.699. The van der Waals surface area contributed by atoms with Crippen molar-refractivity contribution in [1.29, 1.82) is 0 Å². The Labute approximate surface area is 197 Å². The molecule has 10 heteroatoms. The molecule has 176 valence electrons. The van der Waals surface area contributed by atoms with Crippen molar-refractivity contribution >= 4 is 35.6 Å². The summed E-state index contributed by atoms with van der Waals surface area (Å²) < 4.78 is 24.8. The van der Waals surface area contributed by atoms with E-state index >= 15 is 0 Å². The number of benzene rings is 2. The SMILES string of the molecule is COc1ccc(CNC(=O)c2c(Cl)ccc(NC[C@H](N)CO)c2OCC2CC2)cc1F.Cl. The third kappa shape index (κ3) is 6.87. The molecule has 7 nitrogen and oxygen atoms in total. The highest BCUT2D eigenvalue weighted by Gasteiger charge is 2.26. The highest BCUT2D eigenvalue weighted by atomic mass is 35.5. The Morgan fingerprint density at radius 3 is 2.72 bits per heavy atom. The zero-order valence-electron chi connectivity index (χ0n) is 17.7. The van der Waals surface area contributed by atoms with Crippen LogP contribution >= 0.6 is 24.0 Å². The van der Waals surface area contributed by atoms with Crippen molar-refractivity contribution in [2.24, 2.45) is 11.7 Å². The molecule has 1 atom stereocenters. The number of nitrogens with two attached hydrogens (primary N) is 1. The van der Waals surface area contributed by atoms with Crippen LogP contribution < -0.4 is 25.8 Å². The summed E-state index contributed by atoms with van der Waals surface area (Å²) in [5.74, 6) is -0.0179. The molecule has 1 saturated carbocycles. The lowest BCUT2D eigenvalue weighted by Gasteiger charge is -2.19. The van der Waals surface area contributed by atoms with Crippen molar-refractivity contribution in [1.82, 2.24) is 5.32 Å². The Bertz CT molecular complexity index is 928. The number of hydrogen-bond acceptors (Lipinski definition) is 6. The molecule has 1 fully saturated rings. The van der Waals surface area contributed by atoms with Crippen LogP contribution in [-0.4, -0.2) is 43.9 Å². The largest absolute Gasteiger partial charge is 0.494 e. The minimum absolute atomic E-state index is 0. The third-order valence-corrected chi connectivity index (χ3v) is 5.27. The van der Waals surface area contributed by atoms with Gasteiger partial charge in [0.05, 0.1) is 31.0 Å². The van der Waals surface area contributed by atoms with E-state index < -0.39 is 17.8 Å². The third-order valence-electron chi connectivity index (χ3n) is 4.95. The lowest BCUT2D eigenvalue weighted by molar-refractivity contribution is 0.0946. The molecule has 0 spiro atoms. The van der Waals surface area contributed by atoms with Crippen LogP contribution in [0.5, 0.6) is 11.5 Å². The van der Waals surface area contributed by atoms with Gasteiger partial charge in [-0.25, -0.2) is 4.39 Å². The lowest BCUT2D eigenvalue weighted by atomic mass is 10.1. The van der Waals surface area contributed by atoms with Gasteiger partial charge in [-0.2, -0.15) is 0 Å². The maximum atomic E-state index is 13.9. The summed E-state index contributed by atoms with van der Waals surface area (Å²) in [7, 11) is 1.39. The lowest BCUT2D eigenvalue weighted by Crippen LogP contribution is -2.32. The number of rotatable bonds is 11. The predicted octanol–water partition coefficient (Wildman–Crippen LogP) is 3.36. The molecular formula is C22H28Cl2FN3O4. The molecule has 0 radical (unpaired) electrons. The normalized spacial score (nSPS) is 13.7. The second kappa shape index (κ2) is 12.1. The average Bonchev–Trinajstić information content (AvgIpc) is 3.59. The first-order chi connectivity index (χ1) is 14.9. The molecule has 2 aromatic carbocycles. The van der Waals surface area contributed by atoms with Gasteiger partial charge in [0.2, 0.25) is 0 Å². The maximum Gasteiger partial charge on any atom is 0.256 e. The fourth-order valence-corrected chi connectivity index (χ4v) is 3.18. The number of anilines is 1. The minimum atomic E-state index is -0.507. The zero-order valence-corrected chi connectivity index (χ0v) is 19.3. The molecule has 0 unspecified atom stereocenters. The summed E-state index contributed by atoms with van der Waals surface area (Å²) >= 11 is 6.35. The van der Waals surface area contributed by atoms with Gasteiger partial charge >= 0.3 is 0 Å². The van der Waals surface area contributed by atoms with E-state index in [1.54, 1.807) is 18.2 Å². The summed E-state index contributed by atoms with van der Waals surface area (Å²) in [5.41, 5.74) is 7.11. The molecule has 1 aliphatic rings. The van der Waals surface area contributed by atoms with Crippen molar-refractivity contribution < 1.29 is 23.8 Å². The molecule has 1 aliphatic carbocycles. The van der Waals surface area contributed by atoms with E-state index in [9.17, 15) is 9.18 Å². The van der Waals surface area contributed by atoms with Crippen molar-refractivity contribution in [2.45, 2.75) is 25.4 Å². The zero-order chi connectivity index (χ0) is 22.4. The molecule has 5 N–H and O–H groups in total. The number of amides is 1. The minimum Gasteiger partial charge on any atom is -0.494 e. The predicted molar refractivity (Wildman–Crippen MR) is 125 cm³/mol. The quantitative estimate of drug-likeness (QED) is 0.387. The number of carbonyl (C=O) groups is 1. The number of ether oxygens (including phenoxy) is 2. The molecule has 0 heterocycles. The molecule has 1 amide bonds. The van der Waals surface area contributed by atoms with Gasteiger partial charge in [0.25, 0.3) is 5.91 Å². The second-order valence-electron chi connectivity index (χ2n) is 7.53. The molecule has 32 heavy (non-hydrogen) atoms. The van der Waals surface area contributed by atoms with Crippen LogP contribution in [0.4, 0.5) is 10.1 Å². The smallest absolute Gasteiger partial charge is 0.256 e. The topological polar surface area (TPSA) is 106 Å². The van der Waals surface area contributed by atoms with Gasteiger partial charge in [0.1, 0.15) is 5.56 Å². The van der Waals surface area contributed by atoms with Crippen LogP contribution in [0.1, 0.15) is 28.8 Å². The molecule has 2 aromatic rings. The Hall–Kier alpha value is -2.26. The van der Waals surface area contributed by atoms with Crippen LogP contribution in [-0.2, 0) is 6.54 Å². The number of methoxy groups -OCH3 is 1. The van der Waals surface area contributed by atoms with Crippen LogP contribution in [0.2, 0.25) is 5.02 Å². The van der Waals surface area contributed by atoms with E-state index in [4.69, 9.17) is 31.9 Å². The highest BCUT2D eigenvalue weighted by Crippen LogP contribution is 2.37. The van der Waals surface area contributed by atoms with Crippen LogP contribution in [0.15, 0.2) is 30.3 Å². The average molecular weight is 488 g/mol. The van der Waals surface area contributed by atoms with E-state index in [1.807, 2.05) is 0 Å². The van der Waals surface area contributed by atoms with E-state index in [2.05, 4.69) is 10.6 Å². The second-order valence-corrected chi connectivity index (χ2v) is 7.94. The summed E-state index contributed by atoms with van der Waals surface area (Å²) in [6, 6.07) is 7.32. The number of aliphatic hydroxyl groups is 1. The molecular weight excluding hydrogens is 460 g/mol. The molecule has 0 aromatic heterocycles. The molecule has 0 bridgehead atoms. The first kappa shape index (κ1) is 26.0. The Kier molecular flexibility index (Phi) is 9.84. The standard InChI is InChI=1S/C22H27ClFN3O4.ClH/c1-30-19-7-4-14(8-17(19)24)9-27-22(29)20-16(23)5-6-18(26-10-15(25)11-28)21(20)31-12-13-2-3-13;/h4-8,13,15,26,28H,2-3,9-12,25H2,1H3,(H,27,29);1H/t15-;/m0./s1. The Morgan fingerprint density at radius 2 is 2.09 bits per heavy atom. The number of nitrogens with one attached hydrogen (secondary N) is 2. The van der Waals surface area contributed by atoms with Crippen LogP contribution in [0, 0.1) is 11.7 Å². The Balaban J connectivity index is 0.00000363. The first-order valence-corrected chi connectivity index (χ1v) is 10.5. The van der Waals surface area contributed by atoms with Crippen molar-refractivity contribution in [3.63, 3.8) is 0 Å². The van der Waals surface area contributed by atoms with Gasteiger partial charge in [0, 0.05) is 19.1 Å². The maximum absolute atomic E-state index is 13.9. The van der Waals surface area contributed by atoms with Crippen LogP contribution in [0.3, 0.4) is 0 Å². The monoisotopic (exact) mass is 487 g/mol. The number of aliphatic hydroxyl groups excluding tert-OH is 1. The van der Waals surface area contributed by atoms with Gasteiger partial charge in [-0.05, 0) is 48.6 Å². The molecule has 0 aliphatic heterocycles. The van der Waals surface area contributed by atoms with Crippen LogP contribution in [0.25, 0.3) is 0 Å². The van der Waals surface area contributed by atoms with E-state index in [0.29, 0.717) is 36.1 Å². The van der Waals surface area contributed by atoms with Gasteiger partial charge < -0.3 is 30.9 Å².